The monoisotopic (exact) mass is 169 g/mol. The van der Waals surface area contributed by atoms with Crippen LogP contribution in [-0.2, 0) is 9.53 Å². The number of likely N-dealkylation sites (tertiary alicyclic amines) is 1. The van der Waals surface area contributed by atoms with E-state index in [0.29, 0.717) is 0 Å². The quantitative estimate of drug-likeness (QED) is 0.449. The van der Waals surface area contributed by atoms with E-state index in [9.17, 15) is 4.79 Å². The topological polar surface area (TPSA) is 29.5 Å². The van der Waals surface area contributed by atoms with Crippen molar-refractivity contribution >= 4 is 5.97 Å². The fourth-order valence-corrected chi connectivity index (χ4v) is 1.70. The molecule has 0 aliphatic carbocycles. The van der Waals surface area contributed by atoms with Gasteiger partial charge < -0.3 is 4.74 Å². The number of esters is 1. The SMILES string of the molecule is C=C[C@H]1CCN(C)[C@H]1C(=O)OC. The molecule has 3 heteroatoms. The van der Waals surface area contributed by atoms with Crippen LogP contribution in [0.2, 0.25) is 0 Å². The van der Waals surface area contributed by atoms with Crippen LogP contribution < -0.4 is 0 Å². The van der Waals surface area contributed by atoms with Gasteiger partial charge in [0.1, 0.15) is 6.04 Å². The Hall–Kier alpha value is -0.830. The van der Waals surface area contributed by atoms with Gasteiger partial charge in [0, 0.05) is 5.92 Å². The van der Waals surface area contributed by atoms with E-state index in [-0.39, 0.29) is 17.9 Å². The van der Waals surface area contributed by atoms with Gasteiger partial charge in [0.05, 0.1) is 7.11 Å². The molecular weight excluding hydrogens is 154 g/mol. The van der Waals surface area contributed by atoms with Crippen LogP contribution in [0.25, 0.3) is 0 Å². The smallest absolute Gasteiger partial charge is 0.323 e. The van der Waals surface area contributed by atoms with Crippen molar-refractivity contribution in [3.8, 4) is 0 Å². The second-order valence-electron chi connectivity index (χ2n) is 3.14. The highest BCUT2D eigenvalue weighted by atomic mass is 16.5. The molecule has 0 saturated carbocycles. The van der Waals surface area contributed by atoms with Crippen LogP contribution in [0.15, 0.2) is 12.7 Å². The van der Waals surface area contributed by atoms with Crippen LogP contribution in [-0.4, -0.2) is 37.6 Å². The lowest BCUT2D eigenvalue weighted by molar-refractivity contribution is -0.146. The van der Waals surface area contributed by atoms with E-state index in [4.69, 9.17) is 4.74 Å². The van der Waals surface area contributed by atoms with Crippen molar-refractivity contribution in [3.63, 3.8) is 0 Å². The molecule has 0 radical (unpaired) electrons. The molecule has 1 rings (SSSR count). The Labute approximate surface area is 73.0 Å². The van der Waals surface area contributed by atoms with E-state index < -0.39 is 0 Å². The molecule has 3 nitrogen and oxygen atoms in total. The Morgan fingerprint density at radius 2 is 2.42 bits per heavy atom. The van der Waals surface area contributed by atoms with Crippen molar-refractivity contribution in [1.82, 2.24) is 4.90 Å². The van der Waals surface area contributed by atoms with Crippen LogP contribution in [0.1, 0.15) is 6.42 Å². The van der Waals surface area contributed by atoms with Gasteiger partial charge in [-0.1, -0.05) is 6.08 Å². The summed E-state index contributed by atoms with van der Waals surface area (Å²) in [7, 11) is 3.36. The maximum absolute atomic E-state index is 11.3. The minimum Gasteiger partial charge on any atom is -0.468 e. The first-order chi connectivity index (χ1) is 5.70. The zero-order chi connectivity index (χ0) is 9.14. The first kappa shape index (κ1) is 9.26. The van der Waals surface area contributed by atoms with Crippen molar-refractivity contribution < 1.29 is 9.53 Å². The molecule has 2 atom stereocenters. The van der Waals surface area contributed by atoms with E-state index in [1.54, 1.807) is 0 Å². The molecule has 0 spiro atoms. The van der Waals surface area contributed by atoms with Crippen LogP contribution in [0.4, 0.5) is 0 Å². The van der Waals surface area contributed by atoms with Crippen molar-refractivity contribution in [1.29, 1.82) is 0 Å². The molecule has 0 bridgehead atoms. The van der Waals surface area contributed by atoms with Crippen molar-refractivity contribution in [2.24, 2.45) is 5.92 Å². The summed E-state index contributed by atoms with van der Waals surface area (Å²) in [6.45, 7) is 4.65. The highest BCUT2D eigenvalue weighted by molar-refractivity contribution is 5.76. The molecule has 0 aromatic carbocycles. The molecule has 68 valence electrons. The first-order valence-electron chi connectivity index (χ1n) is 4.11. The zero-order valence-electron chi connectivity index (χ0n) is 7.62. The molecule has 0 aromatic rings. The average molecular weight is 169 g/mol. The lowest BCUT2D eigenvalue weighted by atomic mass is 10.0. The summed E-state index contributed by atoms with van der Waals surface area (Å²) in [4.78, 5) is 13.3. The number of likely N-dealkylation sites (N-methyl/N-ethyl adjacent to an activating group) is 1. The van der Waals surface area contributed by atoms with E-state index in [0.717, 1.165) is 13.0 Å². The number of rotatable bonds is 2. The summed E-state index contributed by atoms with van der Waals surface area (Å²) in [5.41, 5.74) is 0. The fourth-order valence-electron chi connectivity index (χ4n) is 1.70. The maximum atomic E-state index is 11.3. The maximum Gasteiger partial charge on any atom is 0.323 e. The van der Waals surface area contributed by atoms with Crippen molar-refractivity contribution in [2.75, 3.05) is 20.7 Å². The van der Waals surface area contributed by atoms with E-state index in [1.165, 1.54) is 7.11 Å². The highest BCUT2D eigenvalue weighted by Gasteiger charge is 2.35. The largest absolute Gasteiger partial charge is 0.468 e. The first-order valence-corrected chi connectivity index (χ1v) is 4.11. The number of ether oxygens (including phenoxy) is 1. The number of hydrogen-bond acceptors (Lipinski definition) is 3. The van der Waals surface area contributed by atoms with E-state index >= 15 is 0 Å². The summed E-state index contributed by atoms with van der Waals surface area (Å²) < 4.78 is 4.71. The highest BCUT2D eigenvalue weighted by Crippen LogP contribution is 2.24. The van der Waals surface area contributed by atoms with Gasteiger partial charge in [-0.15, -0.1) is 6.58 Å². The predicted octanol–water partition coefficient (Wildman–Crippen LogP) is 0.666. The molecule has 0 unspecified atom stereocenters. The third-order valence-electron chi connectivity index (χ3n) is 2.44. The number of carbonyl (C=O) groups excluding carboxylic acids is 1. The Morgan fingerprint density at radius 1 is 1.75 bits per heavy atom. The third kappa shape index (κ3) is 1.50. The summed E-state index contributed by atoms with van der Waals surface area (Å²) in [5, 5.41) is 0. The third-order valence-corrected chi connectivity index (χ3v) is 2.44. The summed E-state index contributed by atoms with van der Waals surface area (Å²) in [6.07, 6.45) is 2.84. The van der Waals surface area contributed by atoms with Gasteiger partial charge in [0.2, 0.25) is 0 Å². The Kier molecular flexibility index (Phi) is 2.87. The zero-order valence-corrected chi connectivity index (χ0v) is 7.62. The number of nitrogens with zero attached hydrogens (tertiary/aromatic N) is 1. The van der Waals surface area contributed by atoms with Crippen LogP contribution in [0.3, 0.4) is 0 Å². The molecule has 1 aliphatic heterocycles. The summed E-state index contributed by atoms with van der Waals surface area (Å²) >= 11 is 0. The van der Waals surface area contributed by atoms with Gasteiger partial charge in [-0.25, -0.2) is 0 Å². The average Bonchev–Trinajstić information content (AvgIpc) is 2.45. The number of carbonyl (C=O) groups is 1. The standard InChI is InChI=1S/C9H15NO2/c1-4-7-5-6-10(2)8(7)9(11)12-3/h4,7-8H,1,5-6H2,2-3H3/t7-,8+/m0/s1. The predicted molar refractivity (Wildman–Crippen MR) is 46.7 cm³/mol. The van der Waals surface area contributed by atoms with E-state index in [1.807, 2.05) is 18.0 Å². The van der Waals surface area contributed by atoms with Crippen LogP contribution in [0.5, 0.6) is 0 Å². The minimum atomic E-state index is -0.153. The Bertz CT molecular complexity index is 191. The Balaban J connectivity index is 2.69. The minimum absolute atomic E-state index is 0.118. The van der Waals surface area contributed by atoms with Crippen LogP contribution in [0, 0.1) is 5.92 Å². The van der Waals surface area contributed by atoms with E-state index in [2.05, 4.69) is 6.58 Å². The van der Waals surface area contributed by atoms with Gasteiger partial charge in [0.25, 0.3) is 0 Å². The van der Waals surface area contributed by atoms with Crippen molar-refractivity contribution in [2.45, 2.75) is 12.5 Å². The van der Waals surface area contributed by atoms with Crippen LogP contribution >= 0.6 is 0 Å². The molecular formula is C9H15NO2. The van der Waals surface area contributed by atoms with Gasteiger partial charge in [-0.2, -0.15) is 0 Å². The number of methoxy groups -OCH3 is 1. The Morgan fingerprint density at radius 3 is 2.92 bits per heavy atom. The number of hydrogen-bond donors (Lipinski definition) is 0. The second-order valence-corrected chi connectivity index (χ2v) is 3.14. The molecule has 0 aromatic heterocycles. The normalized spacial score (nSPS) is 30.2. The molecule has 1 heterocycles. The molecule has 1 saturated heterocycles. The van der Waals surface area contributed by atoms with Crippen molar-refractivity contribution in [3.05, 3.63) is 12.7 Å². The lowest BCUT2D eigenvalue weighted by Crippen LogP contribution is -2.37. The molecule has 1 fully saturated rings. The van der Waals surface area contributed by atoms with Gasteiger partial charge in [0.15, 0.2) is 0 Å². The fraction of sp³-hybridized carbons (Fsp3) is 0.667. The van der Waals surface area contributed by atoms with Gasteiger partial charge in [-0.05, 0) is 20.0 Å². The summed E-state index contributed by atoms with van der Waals surface area (Å²) in [5.74, 6) is 0.0994. The summed E-state index contributed by atoms with van der Waals surface area (Å²) in [6, 6.07) is -0.118. The molecule has 1 aliphatic rings. The van der Waals surface area contributed by atoms with Gasteiger partial charge >= 0.3 is 5.97 Å². The molecule has 0 N–H and O–H groups in total. The lowest BCUT2D eigenvalue weighted by Gasteiger charge is -2.19. The second kappa shape index (κ2) is 3.72. The molecule has 12 heavy (non-hydrogen) atoms. The van der Waals surface area contributed by atoms with Gasteiger partial charge in [-0.3, -0.25) is 9.69 Å². The molecule has 0 amide bonds.